The van der Waals surface area contributed by atoms with Crippen molar-refractivity contribution in [1.29, 1.82) is 0 Å². The quantitative estimate of drug-likeness (QED) is 0.778. The molecule has 0 saturated carbocycles. The Balaban J connectivity index is 1.79. The molecule has 1 nitrogen and oxygen atoms in total. The zero-order chi connectivity index (χ0) is 14.8. The molecule has 21 heavy (non-hydrogen) atoms. The third-order valence-electron chi connectivity index (χ3n) is 3.87. The third-order valence-corrected chi connectivity index (χ3v) is 5.69. The molecule has 110 valence electrons. The molecule has 2 aromatic carbocycles. The summed E-state index contributed by atoms with van der Waals surface area (Å²) in [5.41, 5.74) is 4.02. The fourth-order valence-corrected chi connectivity index (χ4v) is 4.12. The Labute approximate surface area is 140 Å². The first-order chi connectivity index (χ1) is 10.1. The van der Waals surface area contributed by atoms with E-state index in [1.807, 2.05) is 30.0 Å². The van der Waals surface area contributed by atoms with Gasteiger partial charge in [-0.15, -0.1) is 0 Å². The molecule has 2 aromatic rings. The van der Waals surface area contributed by atoms with Crippen LogP contribution in [0.3, 0.4) is 0 Å². The van der Waals surface area contributed by atoms with E-state index in [9.17, 15) is 0 Å². The smallest absolute Gasteiger partial charge is 0.0595 e. The number of fused-ring (bicyclic) bond motifs is 1. The van der Waals surface area contributed by atoms with Crippen LogP contribution in [-0.4, -0.2) is 5.75 Å². The third kappa shape index (κ3) is 3.40. The van der Waals surface area contributed by atoms with E-state index in [0.29, 0.717) is 16.1 Å². The molecule has 0 spiro atoms. The van der Waals surface area contributed by atoms with E-state index in [4.69, 9.17) is 23.2 Å². The van der Waals surface area contributed by atoms with Crippen molar-refractivity contribution in [3.8, 4) is 0 Å². The second kappa shape index (κ2) is 6.62. The van der Waals surface area contributed by atoms with Gasteiger partial charge in [0, 0.05) is 23.6 Å². The van der Waals surface area contributed by atoms with Crippen LogP contribution in [0.5, 0.6) is 0 Å². The lowest BCUT2D eigenvalue weighted by Gasteiger charge is -2.29. The lowest BCUT2D eigenvalue weighted by atomic mass is 10.00. The molecule has 0 bridgehead atoms. The van der Waals surface area contributed by atoms with Crippen LogP contribution in [0, 0.1) is 0 Å². The van der Waals surface area contributed by atoms with Crippen LogP contribution in [-0.2, 0) is 5.75 Å². The number of hydrogen-bond acceptors (Lipinski definition) is 2. The fourth-order valence-electron chi connectivity index (χ4n) is 2.70. The van der Waals surface area contributed by atoms with Crippen molar-refractivity contribution < 1.29 is 0 Å². The maximum atomic E-state index is 6.12. The number of halogens is 2. The van der Waals surface area contributed by atoms with E-state index in [0.717, 1.165) is 17.1 Å². The number of nitrogens with one attached hydrogen (secondary N) is 1. The van der Waals surface area contributed by atoms with Crippen molar-refractivity contribution in [2.45, 2.75) is 24.8 Å². The average molecular weight is 338 g/mol. The van der Waals surface area contributed by atoms with E-state index in [1.54, 1.807) is 0 Å². The molecule has 2 unspecified atom stereocenters. The van der Waals surface area contributed by atoms with Gasteiger partial charge in [0.05, 0.1) is 10.0 Å². The minimum Gasteiger partial charge on any atom is -0.303 e. The van der Waals surface area contributed by atoms with Gasteiger partial charge in [-0.3, -0.25) is 0 Å². The van der Waals surface area contributed by atoms with Gasteiger partial charge in [-0.25, -0.2) is 0 Å². The van der Waals surface area contributed by atoms with Crippen molar-refractivity contribution >= 4 is 35.0 Å². The largest absolute Gasteiger partial charge is 0.303 e. The molecule has 0 radical (unpaired) electrons. The Bertz CT molecular complexity index is 644. The average Bonchev–Trinajstić information content (AvgIpc) is 2.50. The lowest BCUT2D eigenvalue weighted by molar-refractivity contribution is 0.496. The summed E-state index contributed by atoms with van der Waals surface area (Å²) in [5.74, 6) is 2.21. The van der Waals surface area contributed by atoms with Gasteiger partial charge in [0.1, 0.15) is 0 Å². The van der Waals surface area contributed by atoms with Crippen molar-refractivity contribution in [2.24, 2.45) is 0 Å². The highest BCUT2D eigenvalue weighted by Gasteiger charge is 2.22. The van der Waals surface area contributed by atoms with Crippen LogP contribution < -0.4 is 5.32 Å². The number of benzene rings is 2. The van der Waals surface area contributed by atoms with Crippen molar-refractivity contribution in [2.75, 3.05) is 5.75 Å². The second-order valence-corrected chi connectivity index (χ2v) is 7.17. The molecule has 0 saturated heterocycles. The Kier molecular flexibility index (Phi) is 4.80. The van der Waals surface area contributed by atoms with Crippen LogP contribution in [0.4, 0.5) is 0 Å². The SMILES string of the molecule is CC(NC1CSCc2ccccc21)c1ccc(Cl)c(Cl)c1. The summed E-state index contributed by atoms with van der Waals surface area (Å²) in [7, 11) is 0. The Morgan fingerprint density at radius 2 is 1.95 bits per heavy atom. The zero-order valence-corrected chi connectivity index (χ0v) is 14.1. The normalized spacial score (nSPS) is 19.1. The highest BCUT2D eigenvalue weighted by atomic mass is 35.5. The van der Waals surface area contributed by atoms with Gasteiger partial charge in [0.2, 0.25) is 0 Å². The summed E-state index contributed by atoms with van der Waals surface area (Å²) in [6, 6.07) is 15.1. The first kappa shape index (κ1) is 15.2. The standard InChI is InChI=1S/C17H17Cl2NS/c1-11(12-6-7-15(18)16(19)8-12)20-17-10-21-9-13-4-2-3-5-14(13)17/h2-8,11,17,20H,9-10H2,1H3. The van der Waals surface area contributed by atoms with E-state index >= 15 is 0 Å². The van der Waals surface area contributed by atoms with Gasteiger partial charge in [0.25, 0.3) is 0 Å². The highest BCUT2D eigenvalue weighted by molar-refractivity contribution is 7.98. The summed E-state index contributed by atoms with van der Waals surface area (Å²) in [4.78, 5) is 0. The molecule has 2 atom stereocenters. The molecule has 1 N–H and O–H groups in total. The molecule has 4 heteroatoms. The molecule has 3 rings (SSSR count). The minimum atomic E-state index is 0.233. The minimum absolute atomic E-state index is 0.233. The first-order valence-electron chi connectivity index (χ1n) is 7.01. The van der Waals surface area contributed by atoms with E-state index in [2.05, 4.69) is 36.5 Å². The maximum Gasteiger partial charge on any atom is 0.0595 e. The molecular weight excluding hydrogens is 321 g/mol. The number of rotatable bonds is 3. The lowest BCUT2D eigenvalue weighted by Crippen LogP contribution is -2.29. The van der Waals surface area contributed by atoms with Gasteiger partial charge < -0.3 is 5.32 Å². The summed E-state index contributed by atoms with van der Waals surface area (Å²) in [6.07, 6.45) is 0. The van der Waals surface area contributed by atoms with Gasteiger partial charge in [-0.1, -0.05) is 53.5 Å². The molecule has 0 aromatic heterocycles. The van der Waals surface area contributed by atoms with Crippen molar-refractivity contribution in [1.82, 2.24) is 5.32 Å². The zero-order valence-electron chi connectivity index (χ0n) is 11.8. The molecule has 1 aliphatic rings. The first-order valence-corrected chi connectivity index (χ1v) is 8.93. The van der Waals surface area contributed by atoms with Crippen molar-refractivity contribution in [3.05, 3.63) is 69.2 Å². The van der Waals surface area contributed by atoms with Crippen LogP contribution >= 0.6 is 35.0 Å². The summed E-state index contributed by atoms with van der Waals surface area (Å²) < 4.78 is 0. The van der Waals surface area contributed by atoms with E-state index in [-0.39, 0.29) is 6.04 Å². The van der Waals surface area contributed by atoms with Crippen LogP contribution in [0.25, 0.3) is 0 Å². The monoisotopic (exact) mass is 337 g/mol. The number of thioether (sulfide) groups is 1. The topological polar surface area (TPSA) is 12.0 Å². The molecule has 1 aliphatic heterocycles. The molecule has 1 heterocycles. The Hall–Kier alpha value is -0.670. The maximum absolute atomic E-state index is 6.12. The Morgan fingerprint density at radius 3 is 2.76 bits per heavy atom. The van der Waals surface area contributed by atoms with Crippen molar-refractivity contribution in [3.63, 3.8) is 0 Å². The van der Waals surface area contributed by atoms with Gasteiger partial charge in [-0.2, -0.15) is 11.8 Å². The van der Waals surface area contributed by atoms with Gasteiger partial charge in [-0.05, 0) is 35.7 Å². The van der Waals surface area contributed by atoms with Crippen LogP contribution in [0.15, 0.2) is 42.5 Å². The summed E-state index contributed by atoms with van der Waals surface area (Å²) >= 11 is 14.1. The highest BCUT2D eigenvalue weighted by Crippen LogP contribution is 2.33. The number of hydrogen-bond donors (Lipinski definition) is 1. The molecule has 0 amide bonds. The fraction of sp³-hybridized carbons (Fsp3) is 0.294. The molecule has 0 fully saturated rings. The van der Waals surface area contributed by atoms with Crippen LogP contribution in [0.2, 0.25) is 10.0 Å². The van der Waals surface area contributed by atoms with E-state index < -0.39 is 0 Å². The van der Waals surface area contributed by atoms with Gasteiger partial charge in [0.15, 0.2) is 0 Å². The van der Waals surface area contributed by atoms with Crippen LogP contribution in [0.1, 0.15) is 35.7 Å². The summed E-state index contributed by atoms with van der Waals surface area (Å²) in [5, 5.41) is 4.93. The Morgan fingerprint density at radius 1 is 1.14 bits per heavy atom. The van der Waals surface area contributed by atoms with Gasteiger partial charge >= 0.3 is 0 Å². The predicted octanol–water partition coefficient (Wildman–Crippen LogP) is 5.63. The second-order valence-electron chi connectivity index (χ2n) is 5.33. The van der Waals surface area contributed by atoms with E-state index in [1.165, 1.54) is 11.1 Å². The molecule has 0 aliphatic carbocycles. The summed E-state index contributed by atoms with van der Waals surface area (Å²) in [6.45, 7) is 2.17. The predicted molar refractivity (Wildman–Crippen MR) is 93.4 cm³/mol. The molecular formula is C17H17Cl2NS.